The smallest absolute Gasteiger partial charge is 0.273 e. The summed E-state index contributed by atoms with van der Waals surface area (Å²) in [5, 5.41) is 12.1. The van der Waals surface area contributed by atoms with Crippen LogP contribution in [0, 0.1) is 17.0 Å². The number of nitro groups is 1. The molecule has 1 heterocycles. The lowest BCUT2D eigenvalue weighted by Crippen LogP contribution is -2.26. The molecule has 0 fully saturated rings. The van der Waals surface area contributed by atoms with Gasteiger partial charge in [-0.2, -0.15) is 0 Å². The van der Waals surface area contributed by atoms with Crippen molar-refractivity contribution in [3.8, 4) is 0 Å². The van der Waals surface area contributed by atoms with Crippen LogP contribution in [-0.4, -0.2) is 26.0 Å². The number of aryl methyl sites for hydroxylation is 1. The van der Waals surface area contributed by atoms with Gasteiger partial charge in [-0.25, -0.2) is 4.98 Å². The van der Waals surface area contributed by atoms with Crippen molar-refractivity contribution in [2.75, 3.05) is 5.75 Å². The Kier molecular flexibility index (Phi) is 6.12. The Hall–Kier alpha value is -3.00. The third-order valence-corrected chi connectivity index (χ3v) is 5.82. The van der Waals surface area contributed by atoms with Crippen molar-refractivity contribution in [3.05, 3.63) is 74.1 Å². The minimum absolute atomic E-state index is 0.0292. The highest BCUT2D eigenvalue weighted by molar-refractivity contribution is 7.99. The van der Waals surface area contributed by atoms with Gasteiger partial charge in [0, 0.05) is 23.2 Å². The number of hydrogen-bond donors (Lipinski definition) is 0. The molecule has 0 aliphatic rings. The highest BCUT2D eigenvalue weighted by Gasteiger charge is 2.19. The standard InChI is InChI=1S/C21H21N3O4S/c1-4-14(3)23-20(26)16-7-5-6-8-17(16)22-21(23)29-12-19(25)15-10-9-13(2)18(11-15)24(27)28/h5-11,14H,4,12H2,1-3H3/t14-/m0/s1. The Morgan fingerprint density at radius 2 is 2.00 bits per heavy atom. The van der Waals surface area contributed by atoms with Crippen molar-refractivity contribution in [1.82, 2.24) is 9.55 Å². The number of carbonyl (C=O) groups excluding carboxylic acids is 1. The SMILES string of the molecule is CC[C@H](C)n1c(SCC(=O)c2ccc(C)c([N+](=O)[O-])c2)nc2ccccc2c1=O. The second-order valence-corrected chi connectivity index (χ2v) is 7.76. The van der Waals surface area contributed by atoms with E-state index in [1.54, 1.807) is 41.8 Å². The molecule has 8 heteroatoms. The summed E-state index contributed by atoms with van der Waals surface area (Å²) in [7, 11) is 0. The highest BCUT2D eigenvalue weighted by atomic mass is 32.2. The summed E-state index contributed by atoms with van der Waals surface area (Å²) in [5.41, 5.74) is 1.14. The van der Waals surface area contributed by atoms with E-state index in [2.05, 4.69) is 4.98 Å². The molecule has 0 aliphatic carbocycles. The Labute approximate surface area is 171 Å². The van der Waals surface area contributed by atoms with Crippen molar-refractivity contribution in [1.29, 1.82) is 0 Å². The summed E-state index contributed by atoms with van der Waals surface area (Å²) in [5.74, 6) is -0.224. The molecule has 1 aromatic heterocycles. The summed E-state index contributed by atoms with van der Waals surface area (Å²) < 4.78 is 1.62. The van der Waals surface area contributed by atoms with E-state index < -0.39 is 4.92 Å². The molecule has 0 radical (unpaired) electrons. The van der Waals surface area contributed by atoms with Gasteiger partial charge in [0.2, 0.25) is 0 Å². The second kappa shape index (κ2) is 8.57. The number of benzene rings is 2. The topological polar surface area (TPSA) is 95.1 Å². The van der Waals surface area contributed by atoms with Crippen LogP contribution in [0.1, 0.15) is 42.2 Å². The molecule has 29 heavy (non-hydrogen) atoms. The van der Waals surface area contributed by atoms with Gasteiger partial charge >= 0.3 is 0 Å². The molecule has 0 saturated heterocycles. The zero-order valence-corrected chi connectivity index (χ0v) is 17.2. The van der Waals surface area contributed by atoms with Crippen molar-refractivity contribution in [2.24, 2.45) is 0 Å². The lowest BCUT2D eigenvalue weighted by Gasteiger charge is -2.18. The van der Waals surface area contributed by atoms with E-state index in [1.807, 2.05) is 19.9 Å². The summed E-state index contributed by atoms with van der Waals surface area (Å²) in [6.07, 6.45) is 0.742. The number of rotatable bonds is 7. The van der Waals surface area contributed by atoms with Gasteiger partial charge in [-0.1, -0.05) is 43.0 Å². The number of para-hydroxylation sites is 1. The number of thioether (sulfide) groups is 1. The maximum atomic E-state index is 13.0. The maximum Gasteiger partial charge on any atom is 0.273 e. The lowest BCUT2D eigenvalue weighted by atomic mass is 10.1. The highest BCUT2D eigenvalue weighted by Crippen LogP contribution is 2.25. The summed E-state index contributed by atoms with van der Waals surface area (Å²) >= 11 is 1.17. The van der Waals surface area contributed by atoms with Gasteiger partial charge in [0.1, 0.15) is 0 Å². The molecule has 7 nitrogen and oxygen atoms in total. The average molecular weight is 411 g/mol. The van der Waals surface area contributed by atoms with Crippen molar-refractivity contribution in [2.45, 2.75) is 38.4 Å². The fourth-order valence-electron chi connectivity index (χ4n) is 2.99. The quantitative estimate of drug-likeness (QED) is 0.186. The number of aromatic nitrogens is 2. The van der Waals surface area contributed by atoms with E-state index in [1.165, 1.54) is 17.8 Å². The van der Waals surface area contributed by atoms with Crippen LogP contribution in [0.25, 0.3) is 10.9 Å². The molecule has 2 aromatic carbocycles. The van der Waals surface area contributed by atoms with E-state index in [-0.39, 0.29) is 34.4 Å². The Balaban J connectivity index is 1.94. The van der Waals surface area contributed by atoms with E-state index in [0.29, 0.717) is 21.6 Å². The summed E-state index contributed by atoms with van der Waals surface area (Å²) in [6.45, 7) is 5.55. The third-order valence-electron chi connectivity index (χ3n) is 4.87. The fourth-order valence-corrected chi connectivity index (χ4v) is 3.98. The van der Waals surface area contributed by atoms with Crippen molar-refractivity contribution in [3.63, 3.8) is 0 Å². The number of carbonyl (C=O) groups is 1. The van der Waals surface area contributed by atoms with Crippen LogP contribution >= 0.6 is 11.8 Å². The van der Waals surface area contributed by atoms with Crippen LogP contribution in [0.3, 0.4) is 0 Å². The predicted molar refractivity (Wildman–Crippen MR) is 114 cm³/mol. The molecular weight excluding hydrogens is 390 g/mol. The van der Waals surface area contributed by atoms with Gasteiger partial charge in [0.25, 0.3) is 11.2 Å². The van der Waals surface area contributed by atoms with Gasteiger partial charge < -0.3 is 0 Å². The first kappa shape index (κ1) is 20.7. The largest absolute Gasteiger partial charge is 0.293 e. The number of nitrogens with zero attached hydrogens (tertiary/aromatic N) is 3. The molecule has 0 amide bonds. The van der Waals surface area contributed by atoms with Crippen LogP contribution in [0.5, 0.6) is 0 Å². The van der Waals surface area contributed by atoms with E-state index >= 15 is 0 Å². The maximum absolute atomic E-state index is 13.0. The van der Waals surface area contributed by atoms with Gasteiger partial charge in [0.15, 0.2) is 10.9 Å². The van der Waals surface area contributed by atoms with E-state index in [0.717, 1.165) is 6.42 Å². The predicted octanol–water partition coefficient (Wildman–Crippen LogP) is 4.56. The van der Waals surface area contributed by atoms with Crippen LogP contribution < -0.4 is 5.56 Å². The van der Waals surface area contributed by atoms with Gasteiger partial charge in [-0.3, -0.25) is 24.3 Å². The molecular formula is C21H21N3O4S. The summed E-state index contributed by atoms with van der Waals surface area (Å²) in [6, 6.07) is 11.5. The minimum Gasteiger partial charge on any atom is -0.293 e. The number of Topliss-reactive ketones (excluding diaryl/α,β-unsaturated/α-hetero) is 1. The number of fused-ring (bicyclic) bond motifs is 1. The Morgan fingerprint density at radius 3 is 2.69 bits per heavy atom. The normalized spacial score (nSPS) is 12.1. The monoisotopic (exact) mass is 411 g/mol. The van der Waals surface area contributed by atoms with E-state index in [4.69, 9.17) is 0 Å². The zero-order chi connectivity index (χ0) is 21.1. The molecule has 3 aromatic rings. The molecule has 0 unspecified atom stereocenters. The van der Waals surface area contributed by atoms with Crippen LogP contribution in [0.15, 0.2) is 52.4 Å². The van der Waals surface area contributed by atoms with Crippen LogP contribution in [0.2, 0.25) is 0 Å². The lowest BCUT2D eigenvalue weighted by molar-refractivity contribution is -0.385. The fraction of sp³-hybridized carbons (Fsp3) is 0.286. The van der Waals surface area contributed by atoms with Gasteiger partial charge in [-0.15, -0.1) is 0 Å². The Morgan fingerprint density at radius 1 is 1.28 bits per heavy atom. The minimum atomic E-state index is -0.495. The Bertz CT molecular complexity index is 1160. The average Bonchev–Trinajstić information content (AvgIpc) is 2.71. The van der Waals surface area contributed by atoms with E-state index in [9.17, 15) is 19.7 Å². The second-order valence-electron chi connectivity index (χ2n) is 6.81. The molecule has 0 aliphatic heterocycles. The van der Waals surface area contributed by atoms with Crippen molar-refractivity contribution < 1.29 is 9.72 Å². The van der Waals surface area contributed by atoms with Crippen molar-refractivity contribution >= 4 is 34.1 Å². The first-order valence-electron chi connectivity index (χ1n) is 9.25. The first-order chi connectivity index (χ1) is 13.8. The molecule has 150 valence electrons. The van der Waals surface area contributed by atoms with Gasteiger partial charge in [0.05, 0.1) is 21.6 Å². The molecule has 0 N–H and O–H groups in total. The van der Waals surface area contributed by atoms with Gasteiger partial charge in [-0.05, 0) is 32.4 Å². The summed E-state index contributed by atoms with van der Waals surface area (Å²) in [4.78, 5) is 40.8. The van der Waals surface area contributed by atoms with Crippen LogP contribution in [-0.2, 0) is 0 Å². The number of nitro benzene ring substituents is 1. The van der Waals surface area contributed by atoms with Crippen LogP contribution in [0.4, 0.5) is 5.69 Å². The number of ketones is 1. The molecule has 3 rings (SSSR count). The first-order valence-corrected chi connectivity index (χ1v) is 10.2. The zero-order valence-electron chi connectivity index (χ0n) is 16.4. The molecule has 0 spiro atoms. The molecule has 0 bridgehead atoms. The third kappa shape index (κ3) is 4.22. The number of hydrogen-bond acceptors (Lipinski definition) is 6. The molecule has 0 saturated carbocycles. The molecule has 1 atom stereocenters.